The number of hydrogen-bond donors (Lipinski definition) is 1. The van der Waals surface area contributed by atoms with Gasteiger partial charge in [-0.15, -0.1) is 0 Å². The van der Waals surface area contributed by atoms with Gasteiger partial charge in [-0.25, -0.2) is 4.99 Å². The lowest BCUT2D eigenvalue weighted by Gasteiger charge is -2.29. The number of fused-ring (bicyclic) bond motifs is 1. The number of ether oxygens (including phenoxy) is 2. The summed E-state index contributed by atoms with van der Waals surface area (Å²) < 4.78 is 11.2. The van der Waals surface area contributed by atoms with Crippen molar-refractivity contribution >= 4 is 23.7 Å². The Morgan fingerprint density at radius 3 is 2.84 bits per heavy atom. The van der Waals surface area contributed by atoms with E-state index in [-0.39, 0.29) is 24.5 Å². The van der Waals surface area contributed by atoms with Crippen molar-refractivity contribution in [1.82, 2.24) is 10.2 Å². The topological polar surface area (TPSA) is 80.2 Å². The van der Waals surface area contributed by atoms with Crippen molar-refractivity contribution in [3.63, 3.8) is 0 Å². The second-order valence-electron chi connectivity index (χ2n) is 8.96. The Kier molecular flexibility index (Phi) is 7.12. The van der Waals surface area contributed by atoms with E-state index in [2.05, 4.69) is 17.2 Å². The number of methoxy groups -OCH3 is 1. The molecular formula is C25H33N3O4. The van der Waals surface area contributed by atoms with Crippen molar-refractivity contribution < 1.29 is 19.1 Å². The molecule has 3 aliphatic rings. The number of amides is 2. The van der Waals surface area contributed by atoms with Gasteiger partial charge in [0.25, 0.3) is 11.8 Å². The molecule has 2 heterocycles. The number of carbonyl (C=O) groups is 2. The summed E-state index contributed by atoms with van der Waals surface area (Å²) in [6.45, 7) is 2.88. The monoisotopic (exact) mass is 439 g/mol. The number of rotatable bonds is 6. The van der Waals surface area contributed by atoms with Crippen LogP contribution in [0.15, 0.2) is 28.9 Å². The molecule has 0 spiro atoms. The Morgan fingerprint density at radius 1 is 1.19 bits per heavy atom. The van der Waals surface area contributed by atoms with Gasteiger partial charge in [0.05, 0.1) is 7.11 Å². The Hall–Kier alpha value is -2.83. The SMILES string of the molecule is COc1cc(C=C2N=C3CCCCCN3C2=O)ccc1OCC(=O)NC1CCCCC1C. The number of nitrogens with zero attached hydrogens (tertiary/aromatic N) is 2. The van der Waals surface area contributed by atoms with Crippen molar-refractivity contribution in [2.24, 2.45) is 10.9 Å². The molecule has 2 unspecified atom stereocenters. The van der Waals surface area contributed by atoms with E-state index in [1.165, 1.54) is 6.42 Å². The predicted octanol–water partition coefficient (Wildman–Crippen LogP) is 3.92. The summed E-state index contributed by atoms with van der Waals surface area (Å²) >= 11 is 0. The van der Waals surface area contributed by atoms with Crippen LogP contribution < -0.4 is 14.8 Å². The van der Waals surface area contributed by atoms with E-state index in [1.807, 2.05) is 6.07 Å². The minimum Gasteiger partial charge on any atom is -0.493 e. The van der Waals surface area contributed by atoms with E-state index >= 15 is 0 Å². The van der Waals surface area contributed by atoms with Crippen LogP contribution in [-0.4, -0.2) is 48.9 Å². The molecule has 2 aliphatic heterocycles. The largest absolute Gasteiger partial charge is 0.493 e. The average molecular weight is 440 g/mol. The van der Waals surface area contributed by atoms with Gasteiger partial charge in [-0.2, -0.15) is 0 Å². The zero-order valence-electron chi connectivity index (χ0n) is 19.1. The van der Waals surface area contributed by atoms with Gasteiger partial charge in [-0.05, 0) is 55.4 Å². The molecule has 172 valence electrons. The molecule has 0 bridgehead atoms. The average Bonchev–Trinajstić information content (AvgIpc) is 2.94. The molecular weight excluding hydrogens is 406 g/mol. The molecule has 2 fully saturated rings. The van der Waals surface area contributed by atoms with Gasteiger partial charge >= 0.3 is 0 Å². The molecule has 0 radical (unpaired) electrons. The molecule has 1 N–H and O–H groups in total. The Bertz CT molecular complexity index is 924. The lowest BCUT2D eigenvalue weighted by atomic mass is 9.86. The van der Waals surface area contributed by atoms with Crippen LogP contribution in [0.2, 0.25) is 0 Å². The number of amidine groups is 1. The third-order valence-electron chi connectivity index (χ3n) is 6.62. The van der Waals surface area contributed by atoms with E-state index in [1.54, 1.807) is 30.2 Å². The van der Waals surface area contributed by atoms with Gasteiger partial charge in [-0.3, -0.25) is 14.5 Å². The second-order valence-corrected chi connectivity index (χ2v) is 8.96. The van der Waals surface area contributed by atoms with Crippen LogP contribution in [0.4, 0.5) is 0 Å². The van der Waals surface area contributed by atoms with E-state index in [4.69, 9.17) is 9.47 Å². The highest BCUT2D eigenvalue weighted by molar-refractivity contribution is 6.14. The number of carbonyl (C=O) groups excluding carboxylic acids is 2. The van der Waals surface area contributed by atoms with Gasteiger partial charge < -0.3 is 14.8 Å². The summed E-state index contributed by atoms with van der Waals surface area (Å²) in [4.78, 5) is 31.5. The maximum Gasteiger partial charge on any atom is 0.277 e. The summed E-state index contributed by atoms with van der Waals surface area (Å²) in [6, 6.07) is 5.65. The Balaban J connectivity index is 1.40. The fourth-order valence-corrected chi connectivity index (χ4v) is 4.72. The molecule has 1 aromatic rings. The van der Waals surface area contributed by atoms with Gasteiger partial charge in [0.1, 0.15) is 11.5 Å². The Morgan fingerprint density at radius 2 is 2.03 bits per heavy atom. The highest BCUT2D eigenvalue weighted by Gasteiger charge is 2.30. The zero-order valence-corrected chi connectivity index (χ0v) is 19.1. The van der Waals surface area contributed by atoms with Crippen LogP contribution in [0, 0.1) is 5.92 Å². The first-order valence-corrected chi connectivity index (χ1v) is 11.8. The van der Waals surface area contributed by atoms with E-state index in [0.717, 1.165) is 62.9 Å². The van der Waals surface area contributed by atoms with Crippen LogP contribution in [0.5, 0.6) is 11.5 Å². The van der Waals surface area contributed by atoms with Gasteiger partial charge in [0, 0.05) is 19.0 Å². The van der Waals surface area contributed by atoms with Crippen LogP contribution in [0.25, 0.3) is 6.08 Å². The molecule has 1 aromatic carbocycles. The van der Waals surface area contributed by atoms with Crippen molar-refractivity contribution in [1.29, 1.82) is 0 Å². The summed E-state index contributed by atoms with van der Waals surface area (Å²) in [7, 11) is 1.56. The van der Waals surface area contributed by atoms with Crippen LogP contribution in [0.3, 0.4) is 0 Å². The van der Waals surface area contributed by atoms with Crippen molar-refractivity contribution in [2.75, 3.05) is 20.3 Å². The summed E-state index contributed by atoms with van der Waals surface area (Å²) in [5.41, 5.74) is 1.26. The van der Waals surface area contributed by atoms with Crippen LogP contribution >= 0.6 is 0 Å². The second kappa shape index (κ2) is 10.2. The van der Waals surface area contributed by atoms with Gasteiger partial charge in [0.15, 0.2) is 18.1 Å². The van der Waals surface area contributed by atoms with Crippen molar-refractivity contribution in [3.8, 4) is 11.5 Å². The summed E-state index contributed by atoms with van der Waals surface area (Å²) in [6.07, 6.45) is 10.4. The maximum atomic E-state index is 12.7. The van der Waals surface area contributed by atoms with Crippen molar-refractivity contribution in [2.45, 2.75) is 64.3 Å². The van der Waals surface area contributed by atoms with Crippen molar-refractivity contribution in [3.05, 3.63) is 29.5 Å². The number of nitrogens with one attached hydrogen (secondary N) is 1. The molecule has 2 amide bonds. The zero-order chi connectivity index (χ0) is 22.5. The summed E-state index contributed by atoms with van der Waals surface area (Å²) in [5.74, 6) is 2.25. The number of hydrogen-bond acceptors (Lipinski definition) is 5. The quantitative estimate of drug-likeness (QED) is 0.681. The van der Waals surface area contributed by atoms with Gasteiger partial charge in [-0.1, -0.05) is 32.3 Å². The number of aliphatic imine (C=N–C) groups is 1. The molecule has 1 aliphatic carbocycles. The fraction of sp³-hybridized carbons (Fsp3) is 0.560. The molecule has 2 atom stereocenters. The van der Waals surface area contributed by atoms with E-state index in [9.17, 15) is 9.59 Å². The number of benzene rings is 1. The van der Waals surface area contributed by atoms with E-state index < -0.39 is 0 Å². The van der Waals surface area contributed by atoms with Gasteiger partial charge in [0.2, 0.25) is 0 Å². The molecule has 0 aromatic heterocycles. The first-order chi connectivity index (χ1) is 15.5. The standard InChI is InChI=1S/C25H33N3O4/c1-17-8-5-6-9-19(17)27-24(29)16-32-21-12-11-18(15-22(21)31-2)14-20-25(30)28-13-7-3-4-10-23(28)26-20/h11-12,14-15,17,19H,3-10,13,16H2,1-2H3,(H,27,29). The van der Waals surface area contributed by atoms with Crippen LogP contribution in [-0.2, 0) is 9.59 Å². The third kappa shape index (κ3) is 5.14. The first kappa shape index (κ1) is 22.4. The first-order valence-electron chi connectivity index (χ1n) is 11.8. The normalized spacial score (nSPS) is 24.6. The maximum absolute atomic E-state index is 12.7. The predicted molar refractivity (Wildman–Crippen MR) is 124 cm³/mol. The smallest absolute Gasteiger partial charge is 0.277 e. The minimum absolute atomic E-state index is 0.0326. The molecule has 7 nitrogen and oxygen atoms in total. The van der Waals surface area contributed by atoms with E-state index in [0.29, 0.717) is 23.1 Å². The molecule has 7 heteroatoms. The molecule has 1 saturated carbocycles. The lowest BCUT2D eigenvalue weighted by Crippen LogP contribution is -2.43. The third-order valence-corrected chi connectivity index (χ3v) is 6.62. The van der Waals surface area contributed by atoms with Crippen LogP contribution in [0.1, 0.15) is 63.9 Å². The highest BCUT2D eigenvalue weighted by atomic mass is 16.5. The molecule has 32 heavy (non-hydrogen) atoms. The Labute approximate surface area is 189 Å². The molecule has 4 rings (SSSR count). The minimum atomic E-state index is -0.114. The summed E-state index contributed by atoms with van der Waals surface area (Å²) in [5, 5.41) is 3.10. The highest BCUT2D eigenvalue weighted by Crippen LogP contribution is 2.31. The fourth-order valence-electron chi connectivity index (χ4n) is 4.72. The molecule has 1 saturated heterocycles. The lowest BCUT2D eigenvalue weighted by molar-refractivity contribution is -0.124.